The van der Waals surface area contributed by atoms with Gasteiger partial charge in [0, 0.05) is 0 Å². The Hall–Kier alpha value is 1.05. The monoisotopic (exact) mass is 1910 g/mol. The minimum absolute atomic E-state index is 0.0112. The van der Waals surface area contributed by atoms with Gasteiger partial charge in [0.1, 0.15) is 0 Å². The molecule has 0 amide bonds. The van der Waals surface area contributed by atoms with Crippen LogP contribution in [0.1, 0.15) is 364 Å². The van der Waals surface area contributed by atoms with E-state index in [1.165, 1.54) is 51.4 Å². The van der Waals surface area contributed by atoms with Gasteiger partial charge >= 0.3 is 122 Å². The molecule has 47 heteroatoms. The SMILES string of the molecule is CCCCCCCCOP(=O)(O)OP(=O)(O)OCCCCCCCC.CCCCCCCCOP(=O)(O)OP(=O)(O)OCCCCCCCC.CCCCCCCCOP(=O)(O)OP(=O)(O)OCCCCCCCC.CCCCCCCCOP(=O)(O)OP(=O)(O)OCCCCCCCC.O=CC(=O)O.OCCO.[O]=[Ti].[O]=[Ti]([OH])[OH]. The number of aliphatic hydroxyl groups is 2. The van der Waals surface area contributed by atoms with Gasteiger partial charge in [-0.25, -0.2) is 41.3 Å². The summed E-state index contributed by atoms with van der Waals surface area (Å²) in [6, 6.07) is 0. The van der Waals surface area contributed by atoms with Crippen LogP contribution in [-0.2, 0) is 145 Å². The molecule has 0 fully saturated rings. The van der Waals surface area contributed by atoms with Crippen molar-refractivity contribution in [1.82, 2.24) is 0 Å². The molecule has 696 valence electrons. The van der Waals surface area contributed by atoms with Crippen LogP contribution in [0.15, 0.2) is 0 Å². The normalized spacial score (nSPS) is 15.1. The van der Waals surface area contributed by atoms with E-state index in [-0.39, 0.29) is 72.4 Å². The van der Waals surface area contributed by atoms with Crippen molar-refractivity contribution in [2.45, 2.75) is 364 Å². The van der Waals surface area contributed by atoms with Crippen molar-refractivity contribution in [2.75, 3.05) is 66.1 Å². The number of hydrogen-bond donors (Lipinski definition) is 13. The second-order valence-corrected chi connectivity index (χ2v) is 39.1. The summed E-state index contributed by atoms with van der Waals surface area (Å²) in [6.45, 7) is 16.9. The van der Waals surface area contributed by atoms with Crippen LogP contribution in [0.2, 0.25) is 0 Å². The Morgan fingerprint density at radius 2 is 0.348 bits per heavy atom. The van der Waals surface area contributed by atoms with E-state index in [2.05, 4.69) is 72.6 Å². The molecule has 0 rings (SSSR count). The standard InChI is InChI=1S/4C16H36O7P2.C2H2O3.C2H6O2.2H2O.2O.2Ti/c4*1-3-5-7-9-11-13-15-21-24(17,18)23-25(19,20)22-16-14-12-10-8-6-4-2;3-1-2(4)5;3-1-2-4;;;;;;/h4*3-16H2,1-2H3,(H,17,18)(H,19,20);1H,(H,4,5);3-4H,1-2H2;2*1H2;;;;/q;;;;;;;;;;;+2/p-2. The summed E-state index contributed by atoms with van der Waals surface area (Å²) in [6.07, 6.45) is 47.6. The van der Waals surface area contributed by atoms with Crippen LogP contribution in [0.4, 0.5) is 0 Å². The molecule has 0 aromatic carbocycles. The molecule has 13 N–H and O–H groups in total. The number of carboxylic acid groups (broad SMARTS) is 1. The molecular formula is C68H154O37P8Ti2. The minimum atomic E-state index is -4.58. The van der Waals surface area contributed by atoms with E-state index in [0.29, 0.717) is 51.4 Å². The first-order valence-corrected chi connectivity index (χ1v) is 55.5. The predicted octanol–water partition coefficient (Wildman–Crippen LogP) is 20.7. The van der Waals surface area contributed by atoms with Crippen LogP contribution >= 0.6 is 62.6 Å². The molecule has 0 radical (unpaired) electrons. The van der Waals surface area contributed by atoms with Gasteiger partial charge in [-0.1, -0.05) is 312 Å². The molecule has 0 aromatic heterocycles. The fourth-order valence-electron chi connectivity index (χ4n) is 9.21. The van der Waals surface area contributed by atoms with Crippen molar-refractivity contribution in [3.05, 3.63) is 0 Å². The summed E-state index contributed by atoms with van der Waals surface area (Å²) in [5, 5.41) is 22.6. The molecule has 8 atom stereocenters. The second kappa shape index (κ2) is 94.2. The van der Waals surface area contributed by atoms with Crippen LogP contribution in [0, 0.1) is 0 Å². The third-order valence-electron chi connectivity index (χ3n) is 15.0. The Labute approximate surface area is 707 Å². The van der Waals surface area contributed by atoms with E-state index in [1.807, 2.05) is 0 Å². The van der Waals surface area contributed by atoms with E-state index >= 15 is 0 Å². The van der Waals surface area contributed by atoms with Crippen molar-refractivity contribution < 1.29 is 207 Å². The van der Waals surface area contributed by atoms with Crippen molar-refractivity contribution >= 4 is 74.8 Å². The quantitative estimate of drug-likeness (QED) is 0.00884. The van der Waals surface area contributed by atoms with Gasteiger partial charge in [0.2, 0.25) is 6.29 Å². The Morgan fingerprint density at radius 1 is 0.261 bits per heavy atom. The summed E-state index contributed by atoms with van der Waals surface area (Å²) in [4.78, 5) is 93.8. The fraction of sp³-hybridized carbons (Fsp3) is 0.971. The zero-order chi connectivity index (χ0) is 89.4. The maximum atomic E-state index is 11.7. The molecular weight excluding hydrogens is 1750 g/mol. The maximum absolute atomic E-state index is 11.7. The van der Waals surface area contributed by atoms with Crippen LogP contribution in [0.3, 0.4) is 0 Å². The number of aliphatic carboxylic acids is 1. The predicted molar refractivity (Wildman–Crippen MR) is 431 cm³/mol. The van der Waals surface area contributed by atoms with Gasteiger partial charge in [-0.05, 0) is 51.4 Å². The molecule has 8 unspecified atom stereocenters. The van der Waals surface area contributed by atoms with E-state index in [1.54, 1.807) is 0 Å². The average molecular weight is 1910 g/mol. The molecule has 0 aliphatic heterocycles. The van der Waals surface area contributed by atoms with Crippen LogP contribution in [0.25, 0.3) is 0 Å². The van der Waals surface area contributed by atoms with E-state index in [0.717, 1.165) is 226 Å². The first-order chi connectivity index (χ1) is 54.2. The van der Waals surface area contributed by atoms with Crippen LogP contribution < -0.4 is 0 Å². The summed E-state index contributed by atoms with van der Waals surface area (Å²) in [5.74, 6) is -1.43. The van der Waals surface area contributed by atoms with Gasteiger partial charge in [-0.15, -0.1) is 0 Å². The number of rotatable bonds is 74. The number of phosphoric acid groups is 8. The van der Waals surface area contributed by atoms with Crippen molar-refractivity contribution in [1.29, 1.82) is 0 Å². The second-order valence-electron chi connectivity index (χ2n) is 26.1. The summed E-state index contributed by atoms with van der Waals surface area (Å²) in [7, 11) is -36.7. The molecule has 0 saturated carbocycles. The zero-order valence-corrected chi connectivity index (χ0v) is 80.6. The number of carbonyl (C=O) groups excluding carboxylic acids is 1. The average Bonchev–Trinajstić information content (AvgIpc) is 0.892. The number of aliphatic hydroxyl groups excluding tert-OH is 2. The Kier molecular flexibility index (Phi) is 108. The summed E-state index contributed by atoms with van der Waals surface area (Å²) < 4.78 is 180. The van der Waals surface area contributed by atoms with Crippen LogP contribution in [-0.4, -0.2) is 140 Å². The number of carbonyl (C=O) groups is 2. The van der Waals surface area contributed by atoms with E-state index in [9.17, 15) is 75.7 Å². The first kappa shape index (κ1) is 132. The molecule has 0 aliphatic carbocycles. The number of carboxylic acids is 1. The molecule has 0 spiro atoms. The third kappa shape index (κ3) is 126. The molecule has 37 nitrogen and oxygen atoms in total. The molecule has 0 aromatic rings. The van der Waals surface area contributed by atoms with Gasteiger partial charge in [0.05, 0.1) is 66.1 Å². The summed E-state index contributed by atoms with van der Waals surface area (Å²) >= 11 is -2.83. The van der Waals surface area contributed by atoms with E-state index < -0.39 is 87.2 Å². The number of phosphoric ester groups is 8. The van der Waals surface area contributed by atoms with Gasteiger partial charge in [-0.2, -0.15) is 17.2 Å². The van der Waals surface area contributed by atoms with Gasteiger partial charge in [-0.3, -0.25) is 41.0 Å². The third-order valence-corrected chi connectivity index (χ3v) is 25.7. The number of unbranched alkanes of at least 4 members (excludes halogenated alkanes) is 40. The molecule has 0 saturated heterocycles. The topological polar surface area (TPSA) is 579 Å². The molecule has 0 aliphatic rings. The first-order valence-electron chi connectivity index (χ1n) is 40.9. The molecule has 0 heterocycles. The van der Waals surface area contributed by atoms with Crippen LogP contribution in [0.5, 0.6) is 0 Å². The van der Waals surface area contributed by atoms with Crippen molar-refractivity contribution in [2.24, 2.45) is 0 Å². The fourth-order valence-corrected chi connectivity index (χ4v) is 17.8. The van der Waals surface area contributed by atoms with Crippen molar-refractivity contribution in [3.8, 4) is 0 Å². The van der Waals surface area contributed by atoms with Crippen molar-refractivity contribution in [3.63, 3.8) is 0 Å². The Bertz CT molecular complexity index is 2100. The zero-order valence-electron chi connectivity index (χ0n) is 70.3. The number of hydrogen-bond acceptors (Lipinski definition) is 26. The van der Waals surface area contributed by atoms with Gasteiger partial charge in [0.25, 0.3) is 0 Å². The number of aldehydes is 1. The van der Waals surface area contributed by atoms with E-state index in [4.69, 9.17) is 75.1 Å². The Morgan fingerprint density at radius 3 is 0.426 bits per heavy atom. The van der Waals surface area contributed by atoms with Gasteiger partial charge in [0.15, 0.2) is 0 Å². The summed E-state index contributed by atoms with van der Waals surface area (Å²) in [5.41, 5.74) is 0. The molecule has 0 bridgehead atoms. The van der Waals surface area contributed by atoms with Gasteiger partial charge < -0.3 is 54.5 Å². The molecule has 115 heavy (non-hydrogen) atoms. The Balaban J connectivity index is -0.000000208.